The zero-order valence-electron chi connectivity index (χ0n) is 24.8. The van der Waals surface area contributed by atoms with Crippen LogP contribution in [0.3, 0.4) is 0 Å². The highest BCUT2D eigenvalue weighted by molar-refractivity contribution is 5.97. The second kappa shape index (κ2) is 13.2. The Morgan fingerprint density at radius 3 is 2.60 bits per heavy atom. The van der Waals surface area contributed by atoms with Crippen molar-refractivity contribution in [2.75, 3.05) is 39.5 Å². The molecule has 4 heterocycles. The van der Waals surface area contributed by atoms with E-state index in [4.69, 9.17) is 18.8 Å². The molecule has 1 spiro atoms. The molecule has 3 aliphatic rings. The summed E-state index contributed by atoms with van der Waals surface area (Å²) in [5.41, 5.74) is 2.52. The van der Waals surface area contributed by atoms with E-state index >= 15 is 0 Å². The van der Waals surface area contributed by atoms with Crippen molar-refractivity contribution in [3.05, 3.63) is 71.0 Å². The fourth-order valence-electron chi connectivity index (χ4n) is 6.41. The fourth-order valence-corrected chi connectivity index (χ4v) is 6.41. The van der Waals surface area contributed by atoms with Crippen molar-refractivity contribution in [1.29, 1.82) is 0 Å². The lowest BCUT2D eigenvalue weighted by atomic mass is 9.75. The molecular formula is C33H40N4O6. The largest absolute Gasteiger partial charge is 0.492 e. The van der Waals surface area contributed by atoms with Crippen LogP contribution in [-0.4, -0.2) is 77.4 Å². The van der Waals surface area contributed by atoms with Crippen molar-refractivity contribution < 1.29 is 28.4 Å². The Hall–Kier alpha value is -3.92. The summed E-state index contributed by atoms with van der Waals surface area (Å²) in [7, 11) is 0. The third kappa shape index (κ3) is 6.69. The first-order chi connectivity index (χ1) is 21.0. The summed E-state index contributed by atoms with van der Waals surface area (Å²) in [6.45, 7) is 5.95. The molecule has 2 fully saturated rings. The Kier molecular flexibility index (Phi) is 8.92. The Balaban J connectivity index is 1.10. The van der Waals surface area contributed by atoms with Crippen LogP contribution in [0.15, 0.2) is 53.2 Å². The Bertz CT molecular complexity index is 1400. The van der Waals surface area contributed by atoms with Gasteiger partial charge in [0.1, 0.15) is 29.5 Å². The molecule has 0 bridgehead atoms. The van der Waals surface area contributed by atoms with Crippen LogP contribution >= 0.6 is 0 Å². The normalized spacial score (nSPS) is 21.0. The number of carbonyl (C=O) groups excluding carboxylic acids is 2. The smallest absolute Gasteiger partial charge is 0.257 e. The van der Waals surface area contributed by atoms with Gasteiger partial charge < -0.3 is 24.0 Å². The number of para-hydroxylation sites is 1. The van der Waals surface area contributed by atoms with Crippen molar-refractivity contribution >= 4 is 11.8 Å². The van der Waals surface area contributed by atoms with Crippen molar-refractivity contribution in [1.82, 2.24) is 20.1 Å². The summed E-state index contributed by atoms with van der Waals surface area (Å²) in [5, 5.41) is 7.60. The van der Waals surface area contributed by atoms with Crippen LogP contribution in [0.2, 0.25) is 0 Å². The molecule has 0 aliphatic carbocycles. The molecule has 1 aromatic heterocycles. The number of rotatable bonds is 4. The molecule has 2 saturated heterocycles. The first-order valence-corrected chi connectivity index (χ1v) is 15.4. The van der Waals surface area contributed by atoms with E-state index in [-0.39, 0.29) is 29.9 Å². The van der Waals surface area contributed by atoms with Crippen LogP contribution in [0.5, 0.6) is 11.5 Å². The number of hydrogen-bond donors (Lipinski definition) is 0. The molecule has 10 heteroatoms. The first-order valence-electron chi connectivity index (χ1n) is 15.4. The number of fused-ring (bicyclic) bond motifs is 2. The summed E-state index contributed by atoms with van der Waals surface area (Å²) in [5.74, 6) is 1.34. The molecule has 0 saturated carbocycles. The van der Waals surface area contributed by atoms with Gasteiger partial charge in [-0.05, 0) is 81.8 Å². The van der Waals surface area contributed by atoms with Gasteiger partial charge in [0.25, 0.3) is 11.8 Å². The highest BCUT2D eigenvalue weighted by Crippen LogP contribution is 2.39. The molecule has 43 heavy (non-hydrogen) atoms. The van der Waals surface area contributed by atoms with Gasteiger partial charge in [0.2, 0.25) is 0 Å². The molecule has 0 unspecified atom stereocenters. The average molecular weight is 589 g/mol. The van der Waals surface area contributed by atoms with E-state index in [0.717, 1.165) is 51.5 Å². The summed E-state index contributed by atoms with van der Waals surface area (Å²) in [6, 6.07) is 15.0. The number of aryl methyl sites for hydroxylation is 1. The lowest BCUT2D eigenvalue weighted by Gasteiger charge is -2.42. The van der Waals surface area contributed by atoms with Gasteiger partial charge in [-0.15, -0.1) is 0 Å². The van der Waals surface area contributed by atoms with Crippen LogP contribution in [-0.2, 0) is 11.3 Å². The lowest BCUT2D eigenvalue weighted by molar-refractivity contribution is 0.0303. The number of piperidine rings is 1. The van der Waals surface area contributed by atoms with E-state index in [0.29, 0.717) is 66.9 Å². The third-order valence-electron chi connectivity index (χ3n) is 9.18. The molecule has 10 nitrogen and oxygen atoms in total. The third-order valence-corrected chi connectivity index (χ3v) is 9.18. The number of likely N-dealkylation sites (tertiary alicyclic amines) is 1. The molecule has 0 radical (unpaired) electrons. The fraction of sp³-hybridized carbons (Fsp3) is 0.515. The second-order valence-electron chi connectivity index (χ2n) is 12.0. The zero-order valence-corrected chi connectivity index (χ0v) is 24.8. The van der Waals surface area contributed by atoms with Gasteiger partial charge in [-0.25, -0.2) is 4.63 Å². The quantitative estimate of drug-likeness (QED) is 0.416. The molecular weight excluding hydrogens is 548 g/mol. The number of carbonyl (C=O) groups is 2. The van der Waals surface area contributed by atoms with Crippen LogP contribution in [0.4, 0.5) is 0 Å². The SMILES string of the molecule is Cc1nonc1COc1ccc(C(=O)N2CCC3(CCCCOC[C@@H]4CCCN4C(=O)c4ccccc4OC3)CC2)cc1. The number of hydrogen-bond acceptors (Lipinski definition) is 8. The van der Waals surface area contributed by atoms with Crippen LogP contribution in [0, 0.1) is 12.3 Å². The average Bonchev–Trinajstić information content (AvgIpc) is 3.69. The summed E-state index contributed by atoms with van der Waals surface area (Å²) < 4.78 is 23.0. The van der Waals surface area contributed by atoms with Crippen molar-refractivity contribution in [2.45, 2.75) is 64.5 Å². The van der Waals surface area contributed by atoms with Gasteiger partial charge >= 0.3 is 0 Å². The van der Waals surface area contributed by atoms with Gasteiger partial charge in [0.05, 0.1) is 24.8 Å². The van der Waals surface area contributed by atoms with E-state index in [2.05, 4.69) is 10.3 Å². The van der Waals surface area contributed by atoms with E-state index in [1.54, 1.807) is 24.3 Å². The maximum absolute atomic E-state index is 13.6. The van der Waals surface area contributed by atoms with Gasteiger partial charge in [0.15, 0.2) is 0 Å². The molecule has 2 aromatic carbocycles. The highest BCUT2D eigenvalue weighted by atomic mass is 16.6. The van der Waals surface area contributed by atoms with Gasteiger partial charge in [-0.3, -0.25) is 9.59 Å². The van der Waals surface area contributed by atoms with Gasteiger partial charge in [0, 0.05) is 37.2 Å². The molecule has 228 valence electrons. The van der Waals surface area contributed by atoms with Crippen molar-refractivity contribution in [3.8, 4) is 11.5 Å². The molecule has 2 amide bonds. The predicted octanol–water partition coefficient (Wildman–Crippen LogP) is 5.06. The van der Waals surface area contributed by atoms with Crippen LogP contribution in [0.1, 0.15) is 77.0 Å². The monoisotopic (exact) mass is 588 g/mol. The molecule has 1 atom stereocenters. The van der Waals surface area contributed by atoms with Gasteiger partial charge in [-0.1, -0.05) is 28.9 Å². The summed E-state index contributed by atoms with van der Waals surface area (Å²) in [6.07, 6.45) is 6.68. The van der Waals surface area contributed by atoms with E-state index in [1.165, 1.54) is 0 Å². The van der Waals surface area contributed by atoms with Crippen LogP contribution < -0.4 is 9.47 Å². The summed E-state index contributed by atoms with van der Waals surface area (Å²) >= 11 is 0. The minimum Gasteiger partial charge on any atom is -0.492 e. The predicted molar refractivity (Wildman–Crippen MR) is 158 cm³/mol. The van der Waals surface area contributed by atoms with Crippen molar-refractivity contribution in [2.24, 2.45) is 5.41 Å². The maximum atomic E-state index is 13.6. The van der Waals surface area contributed by atoms with E-state index in [9.17, 15) is 9.59 Å². The number of nitrogens with zero attached hydrogens (tertiary/aromatic N) is 4. The Labute approximate surface area is 252 Å². The first kappa shape index (κ1) is 29.2. The minimum atomic E-state index is -0.0704. The molecule has 0 N–H and O–H groups in total. The molecule has 6 rings (SSSR count). The molecule has 3 aliphatic heterocycles. The van der Waals surface area contributed by atoms with Crippen molar-refractivity contribution in [3.63, 3.8) is 0 Å². The number of aromatic nitrogens is 2. The summed E-state index contributed by atoms with van der Waals surface area (Å²) in [4.78, 5) is 30.9. The maximum Gasteiger partial charge on any atom is 0.257 e. The highest BCUT2D eigenvalue weighted by Gasteiger charge is 2.38. The second-order valence-corrected chi connectivity index (χ2v) is 12.0. The number of benzene rings is 2. The van der Waals surface area contributed by atoms with E-state index in [1.807, 2.05) is 41.0 Å². The molecule has 3 aromatic rings. The lowest BCUT2D eigenvalue weighted by Crippen LogP contribution is -2.45. The number of ether oxygens (including phenoxy) is 3. The number of amides is 2. The van der Waals surface area contributed by atoms with Crippen LogP contribution in [0.25, 0.3) is 0 Å². The Morgan fingerprint density at radius 2 is 1.81 bits per heavy atom. The zero-order chi connectivity index (χ0) is 29.6. The Morgan fingerprint density at radius 1 is 1.00 bits per heavy atom. The standard InChI is InChI=1S/C33H40N4O6/c1-24-29(35-43-34-24)22-41-27-12-10-25(11-13-27)31(38)36-18-15-33(16-19-36)14-4-5-20-40-21-26-7-6-17-37(26)32(39)28-8-2-3-9-30(28)42-23-33/h2-3,8-13,26H,4-7,14-23H2,1H3/t26-/m0/s1. The minimum absolute atomic E-state index is 0.0178. The topological polar surface area (TPSA) is 107 Å². The van der Waals surface area contributed by atoms with Gasteiger partial charge in [-0.2, -0.15) is 0 Å². The van der Waals surface area contributed by atoms with E-state index < -0.39 is 0 Å².